The zero-order valence-corrected chi connectivity index (χ0v) is 18.0. The average molecular weight is 429 g/mol. The maximum absolute atomic E-state index is 12.5. The van der Waals surface area contributed by atoms with Gasteiger partial charge >= 0.3 is 17.8 Å². The van der Waals surface area contributed by atoms with Gasteiger partial charge in [0, 0.05) is 11.3 Å². The monoisotopic (exact) mass is 429 g/mol. The minimum Gasteiger partial charge on any atom is -0.422 e. The van der Waals surface area contributed by atoms with E-state index in [1.54, 1.807) is 42.5 Å². The summed E-state index contributed by atoms with van der Waals surface area (Å²) in [5, 5.41) is 6.39. The van der Waals surface area contributed by atoms with E-state index in [0.29, 0.717) is 16.8 Å². The molecule has 0 spiro atoms. The van der Waals surface area contributed by atoms with E-state index in [9.17, 15) is 14.4 Å². The summed E-state index contributed by atoms with van der Waals surface area (Å²) in [5.41, 5.74) is 6.25. The van der Waals surface area contributed by atoms with Gasteiger partial charge in [0.1, 0.15) is 5.75 Å². The second-order valence-corrected chi connectivity index (χ2v) is 7.21. The predicted molar refractivity (Wildman–Crippen MR) is 123 cm³/mol. The maximum Gasteiger partial charge on any atom is 0.343 e. The summed E-state index contributed by atoms with van der Waals surface area (Å²) < 4.78 is 5.50. The first-order valence-electron chi connectivity index (χ1n) is 9.93. The van der Waals surface area contributed by atoms with Crippen LogP contribution in [0.25, 0.3) is 0 Å². The first kappa shape index (κ1) is 22.4. The molecular formula is C25H23N3O4. The van der Waals surface area contributed by atoms with Gasteiger partial charge < -0.3 is 10.1 Å². The van der Waals surface area contributed by atoms with E-state index < -0.39 is 17.8 Å². The van der Waals surface area contributed by atoms with Gasteiger partial charge in [-0.1, -0.05) is 42.5 Å². The number of carbonyl (C=O) groups is 3. The lowest BCUT2D eigenvalue weighted by atomic mass is 10.1. The van der Waals surface area contributed by atoms with Crippen molar-refractivity contribution in [2.45, 2.75) is 20.8 Å². The van der Waals surface area contributed by atoms with Crippen molar-refractivity contribution < 1.29 is 19.1 Å². The molecule has 3 rings (SSSR count). The number of carbonyl (C=O) groups excluding carboxylic acids is 3. The topological polar surface area (TPSA) is 96.9 Å². The molecule has 2 amide bonds. The summed E-state index contributed by atoms with van der Waals surface area (Å²) >= 11 is 0. The van der Waals surface area contributed by atoms with Crippen molar-refractivity contribution in [3.05, 3.63) is 94.5 Å². The largest absolute Gasteiger partial charge is 0.422 e. The van der Waals surface area contributed by atoms with E-state index in [0.717, 1.165) is 16.7 Å². The fourth-order valence-electron chi connectivity index (χ4n) is 2.90. The lowest BCUT2D eigenvalue weighted by Crippen LogP contribution is -2.32. The van der Waals surface area contributed by atoms with Crippen LogP contribution in [0.2, 0.25) is 0 Å². The molecular weight excluding hydrogens is 406 g/mol. The predicted octanol–water partition coefficient (Wildman–Crippen LogP) is 3.92. The third-order valence-corrected chi connectivity index (χ3v) is 4.70. The minimum atomic E-state index is -0.920. The molecule has 0 unspecified atom stereocenters. The third-order valence-electron chi connectivity index (χ3n) is 4.70. The van der Waals surface area contributed by atoms with Crippen LogP contribution in [0.15, 0.2) is 71.8 Å². The number of benzene rings is 3. The van der Waals surface area contributed by atoms with E-state index in [-0.39, 0.29) is 5.75 Å². The van der Waals surface area contributed by atoms with Gasteiger partial charge in [-0.2, -0.15) is 5.10 Å². The highest BCUT2D eigenvalue weighted by Crippen LogP contribution is 2.19. The average Bonchev–Trinajstić information content (AvgIpc) is 2.77. The van der Waals surface area contributed by atoms with Crippen molar-refractivity contribution in [2.75, 3.05) is 5.32 Å². The van der Waals surface area contributed by atoms with Crippen molar-refractivity contribution in [3.63, 3.8) is 0 Å². The highest BCUT2D eigenvalue weighted by molar-refractivity contribution is 6.39. The molecule has 0 radical (unpaired) electrons. The molecule has 2 N–H and O–H groups in total. The normalized spacial score (nSPS) is 10.6. The molecule has 0 saturated carbocycles. The van der Waals surface area contributed by atoms with Crippen molar-refractivity contribution >= 4 is 29.7 Å². The number of nitrogens with one attached hydrogen (secondary N) is 2. The van der Waals surface area contributed by atoms with Crippen LogP contribution in [-0.2, 0) is 9.59 Å². The summed E-state index contributed by atoms with van der Waals surface area (Å²) in [6, 6.07) is 19.4. The highest BCUT2D eigenvalue weighted by atomic mass is 16.5. The quantitative estimate of drug-likeness (QED) is 0.211. The number of esters is 1. The number of rotatable bonds is 5. The molecule has 0 heterocycles. The number of hydrogen-bond acceptors (Lipinski definition) is 5. The van der Waals surface area contributed by atoms with E-state index in [1.165, 1.54) is 6.21 Å². The number of aryl methyl sites for hydroxylation is 3. The second-order valence-electron chi connectivity index (χ2n) is 7.21. The summed E-state index contributed by atoms with van der Waals surface area (Å²) in [6.07, 6.45) is 1.31. The molecule has 3 aromatic rings. The minimum absolute atomic E-state index is 0.276. The zero-order valence-electron chi connectivity index (χ0n) is 18.0. The molecule has 162 valence electrons. The lowest BCUT2D eigenvalue weighted by Gasteiger charge is -2.09. The van der Waals surface area contributed by atoms with Gasteiger partial charge in [0.15, 0.2) is 0 Å². The van der Waals surface area contributed by atoms with Crippen LogP contribution in [0.4, 0.5) is 5.69 Å². The highest BCUT2D eigenvalue weighted by Gasteiger charge is 2.15. The number of amides is 2. The Bertz CT molecular complexity index is 1200. The van der Waals surface area contributed by atoms with Crippen LogP contribution < -0.4 is 15.5 Å². The van der Waals surface area contributed by atoms with Gasteiger partial charge in [-0.15, -0.1) is 0 Å². The molecule has 0 atom stereocenters. The fourth-order valence-corrected chi connectivity index (χ4v) is 2.90. The van der Waals surface area contributed by atoms with E-state index in [1.807, 2.05) is 45.0 Å². The number of ether oxygens (including phenoxy) is 1. The Balaban J connectivity index is 1.65. The number of nitrogens with zero attached hydrogens (tertiary/aromatic N) is 1. The van der Waals surface area contributed by atoms with Crippen molar-refractivity contribution in [1.29, 1.82) is 0 Å². The van der Waals surface area contributed by atoms with Crippen LogP contribution in [0.5, 0.6) is 5.75 Å². The molecule has 0 aliphatic carbocycles. The Hall–Kier alpha value is -4.26. The standard InChI is InChI=1S/C25H23N3O4/c1-16-12-13-18(3)21(14-16)27-23(29)24(30)28-26-15-19-9-5-7-11-22(19)32-25(31)20-10-6-4-8-17(20)2/h4-15H,1-3H3,(H,27,29)(H,28,30). The Morgan fingerprint density at radius 2 is 1.56 bits per heavy atom. The Morgan fingerprint density at radius 3 is 2.34 bits per heavy atom. The van der Waals surface area contributed by atoms with Gasteiger partial charge in [-0.25, -0.2) is 10.2 Å². The molecule has 0 aliphatic heterocycles. The first-order chi connectivity index (χ1) is 15.3. The second kappa shape index (κ2) is 10.2. The molecule has 3 aromatic carbocycles. The van der Waals surface area contributed by atoms with Gasteiger partial charge in [0.05, 0.1) is 11.8 Å². The fraction of sp³-hybridized carbons (Fsp3) is 0.120. The number of hydrazone groups is 1. The number of anilines is 1. The first-order valence-corrected chi connectivity index (χ1v) is 9.93. The summed E-state index contributed by atoms with van der Waals surface area (Å²) in [5.74, 6) is -1.98. The van der Waals surface area contributed by atoms with Gasteiger partial charge in [-0.05, 0) is 61.7 Å². The summed E-state index contributed by atoms with van der Waals surface area (Å²) in [7, 11) is 0. The molecule has 7 nitrogen and oxygen atoms in total. The SMILES string of the molecule is Cc1ccc(C)c(NC(=O)C(=O)NN=Cc2ccccc2OC(=O)c2ccccc2C)c1. The van der Waals surface area contributed by atoms with Crippen LogP contribution in [-0.4, -0.2) is 24.0 Å². The van der Waals surface area contributed by atoms with Gasteiger partial charge in [0.2, 0.25) is 0 Å². The lowest BCUT2D eigenvalue weighted by molar-refractivity contribution is -0.136. The van der Waals surface area contributed by atoms with Gasteiger partial charge in [-0.3, -0.25) is 9.59 Å². The Morgan fingerprint density at radius 1 is 0.844 bits per heavy atom. The molecule has 0 aromatic heterocycles. The number of para-hydroxylation sites is 1. The van der Waals surface area contributed by atoms with Gasteiger partial charge in [0.25, 0.3) is 0 Å². The molecule has 0 bridgehead atoms. The van der Waals surface area contributed by atoms with Crippen molar-refractivity contribution in [2.24, 2.45) is 5.10 Å². The zero-order chi connectivity index (χ0) is 23.1. The van der Waals surface area contributed by atoms with Crippen molar-refractivity contribution in [1.82, 2.24) is 5.43 Å². The maximum atomic E-state index is 12.5. The van der Waals surface area contributed by atoms with Crippen LogP contribution >= 0.6 is 0 Å². The molecule has 0 fully saturated rings. The molecule has 0 saturated heterocycles. The van der Waals surface area contributed by atoms with Crippen LogP contribution in [0.1, 0.15) is 32.6 Å². The van der Waals surface area contributed by atoms with E-state index in [4.69, 9.17) is 4.74 Å². The Labute approximate surface area is 186 Å². The summed E-state index contributed by atoms with van der Waals surface area (Å²) in [6.45, 7) is 5.55. The van der Waals surface area contributed by atoms with Crippen LogP contribution in [0, 0.1) is 20.8 Å². The number of hydrogen-bond donors (Lipinski definition) is 2. The molecule has 0 aliphatic rings. The third kappa shape index (κ3) is 5.66. The molecule has 32 heavy (non-hydrogen) atoms. The van der Waals surface area contributed by atoms with E-state index >= 15 is 0 Å². The molecule has 7 heteroatoms. The smallest absolute Gasteiger partial charge is 0.343 e. The summed E-state index contributed by atoms with van der Waals surface area (Å²) in [4.78, 5) is 36.7. The Kier molecular flexibility index (Phi) is 7.13. The van der Waals surface area contributed by atoms with E-state index in [2.05, 4.69) is 15.8 Å². The van der Waals surface area contributed by atoms with Crippen molar-refractivity contribution in [3.8, 4) is 5.75 Å². The van der Waals surface area contributed by atoms with Crippen LogP contribution in [0.3, 0.4) is 0 Å².